The Morgan fingerprint density at radius 1 is 0.571 bits per heavy atom. The van der Waals surface area contributed by atoms with Crippen LogP contribution in [0.2, 0.25) is 0 Å². The van der Waals surface area contributed by atoms with Crippen molar-refractivity contribution in [3.05, 3.63) is 0 Å². The van der Waals surface area contributed by atoms with Crippen LogP contribution in [0.3, 0.4) is 0 Å². The van der Waals surface area contributed by atoms with Crippen molar-refractivity contribution in [1.29, 1.82) is 0 Å². The van der Waals surface area contributed by atoms with Crippen LogP contribution in [0.15, 0.2) is 0 Å². The molecule has 3 atom stereocenters. The molecule has 0 N–H and O–H groups in total. The van der Waals surface area contributed by atoms with Crippen LogP contribution >= 0.6 is 0 Å². The molecule has 0 spiro atoms. The Bertz CT molecular complexity index is 449. The molecule has 0 heterocycles. The van der Waals surface area contributed by atoms with Crippen LogP contribution in [0.4, 0.5) is 4.39 Å². The van der Waals surface area contributed by atoms with Crippen LogP contribution in [0.1, 0.15) is 117 Å². The molecule has 0 radical (unpaired) electrons. The minimum Gasteiger partial charge on any atom is -0.247 e. The number of hydrogen-bond acceptors (Lipinski definition) is 0. The summed E-state index contributed by atoms with van der Waals surface area (Å²) < 4.78 is 15.2. The zero-order chi connectivity index (χ0) is 19.5. The molecule has 0 saturated heterocycles. The van der Waals surface area contributed by atoms with E-state index in [2.05, 4.69) is 13.8 Å². The quantitative estimate of drug-likeness (QED) is 0.451. The third kappa shape index (κ3) is 4.97. The molecule has 0 aromatic rings. The van der Waals surface area contributed by atoms with Gasteiger partial charge in [-0.2, -0.15) is 0 Å². The fraction of sp³-hybridized carbons (Fsp3) is 1.00. The minimum absolute atomic E-state index is 0.413. The zero-order valence-corrected chi connectivity index (χ0v) is 18.9. The Hall–Kier alpha value is -0.0700. The highest BCUT2D eigenvalue weighted by molar-refractivity contribution is 4.91. The lowest BCUT2D eigenvalue weighted by atomic mass is 9.62. The molecule has 0 aliphatic heterocycles. The largest absolute Gasteiger partial charge is 0.247 e. The topological polar surface area (TPSA) is 0 Å². The Kier molecular flexibility index (Phi) is 7.43. The van der Waals surface area contributed by atoms with Crippen LogP contribution in [-0.2, 0) is 0 Å². The lowest BCUT2D eigenvalue weighted by molar-refractivity contribution is 0.0271. The molecule has 0 aromatic heterocycles. The molecule has 0 nitrogen and oxygen atoms in total. The number of alkyl halides is 1. The third-order valence-corrected chi connectivity index (χ3v) is 10.1. The molecule has 4 aliphatic carbocycles. The molecule has 4 saturated carbocycles. The van der Waals surface area contributed by atoms with E-state index in [4.69, 9.17) is 0 Å². The van der Waals surface area contributed by atoms with Gasteiger partial charge in [0.15, 0.2) is 0 Å². The van der Waals surface area contributed by atoms with Gasteiger partial charge in [-0.05, 0) is 118 Å². The van der Waals surface area contributed by atoms with Crippen LogP contribution in [0.25, 0.3) is 0 Å². The minimum atomic E-state index is -0.486. The van der Waals surface area contributed by atoms with Crippen molar-refractivity contribution in [2.45, 2.75) is 123 Å². The third-order valence-electron chi connectivity index (χ3n) is 10.1. The maximum atomic E-state index is 15.2. The molecule has 0 aromatic carbocycles. The second-order valence-electron chi connectivity index (χ2n) is 11.6. The lowest BCUT2D eigenvalue weighted by Gasteiger charge is -2.44. The van der Waals surface area contributed by atoms with Gasteiger partial charge in [-0.25, -0.2) is 4.39 Å². The first kappa shape index (κ1) is 21.2. The van der Waals surface area contributed by atoms with Gasteiger partial charge in [0.05, 0.1) is 0 Å². The molecule has 0 amide bonds. The monoisotopic (exact) mass is 390 g/mol. The Morgan fingerprint density at radius 2 is 1.04 bits per heavy atom. The average molecular weight is 391 g/mol. The molecular weight excluding hydrogens is 343 g/mol. The van der Waals surface area contributed by atoms with Crippen molar-refractivity contribution >= 4 is 0 Å². The first-order valence-electron chi connectivity index (χ1n) is 13.3. The van der Waals surface area contributed by atoms with Crippen molar-refractivity contribution in [3.8, 4) is 0 Å². The number of hydrogen-bond donors (Lipinski definition) is 0. The predicted molar refractivity (Wildman–Crippen MR) is 118 cm³/mol. The van der Waals surface area contributed by atoms with Gasteiger partial charge < -0.3 is 0 Å². The summed E-state index contributed by atoms with van der Waals surface area (Å²) in [5.41, 5.74) is 0. The summed E-state index contributed by atoms with van der Waals surface area (Å²) in [4.78, 5) is 0. The highest BCUT2D eigenvalue weighted by Gasteiger charge is 2.40. The summed E-state index contributed by atoms with van der Waals surface area (Å²) in [5.74, 6) is 6.61. The fourth-order valence-corrected chi connectivity index (χ4v) is 8.00. The van der Waals surface area contributed by atoms with Gasteiger partial charge in [-0.3, -0.25) is 0 Å². The van der Waals surface area contributed by atoms with E-state index in [-0.39, 0.29) is 0 Å². The first-order valence-corrected chi connectivity index (χ1v) is 13.3. The van der Waals surface area contributed by atoms with Gasteiger partial charge in [-0.1, -0.05) is 46.0 Å². The van der Waals surface area contributed by atoms with Crippen molar-refractivity contribution in [1.82, 2.24) is 0 Å². The van der Waals surface area contributed by atoms with Crippen LogP contribution in [0, 0.1) is 47.3 Å². The summed E-state index contributed by atoms with van der Waals surface area (Å²) >= 11 is 0. The Balaban J connectivity index is 1.21. The van der Waals surface area contributed by atoms with E-state index < -0.39 is 6.17 Å². The van der Waals surface area contributed by atoms with Gasteiger partial charge in [0, 0.05) is 0 Å². The second-order valence-corrected chi connectivity index (χ2v) is 11.6. The van der Waals surface area contributed by atoms with E-state index in [1.807, 2.05) is 0 Å². The van der Waals surface area contributed by atoms with E-state index in [1.165, 1.54) is 96.3 Å². The van der Waals surface area contributed by atoms with Crippen molar-refractivity contribution in [3.63, 3.8) is 0 Å². The molecule has 4 rings (SSSR count). The smallest absolute Gasteiger partial charge is 0.103 e. The van der Waals surface area contributed by atoms with Gasteiger partial charge in [-0.15, -0.1) is 0 Å². The average Bonchev–Trinajstić information content (AvgIpc) is 2.74. The van der Waals surface area contributed by atoms with E-state index in [9.17, 15) is 0 Å². The molecule has 1 heteroatoms. The predicted octanol–water partition coefficient (Wildman–Crippen LogP) is 8.59. The maximum Gasteiger partial charge on any atom is 0.103 e. The molecule has 4 aliphatic rings. The van der Waals surface area contributed by atoms with E-state index in [0.717, 1.165) is 36.0 Å². The van der Waals surface area contributed by atoms with Crippen molar-refractivity contribution in [2.75, 3.05) is 0 Å². The van der Waals surface area contributed by atoms with E-state index in [1.54, 1.807) is 0 Å². The van der Waals surface area contributed by atoms with Gasteiger partial charge in [0.1, 0.15) is 6.17 Å². The molecule has 162 valence electrons. The number of rotatable bonds is 4. The Labute approximate surface area is 174 Å². The second kappa shape index (κ2) is 9.82. The molecule has 28 heavy (non-hydrogen) atoms. The highest BCUT2D eigenvalue weighted by atomic mass is 19.1. The molecular formula is C27H47F. The summed E-state index contributed by atoms with van der Waals surface area (Å²) in [6.07, 6.45) is 21.4. The van der Waals surface area contributed by atoms with Gasteiger partial charge >= 0.3 is 0 Å². The number of halogens is 1. The lowest BCUT2D eigenvalue weighted by Crippen LogP contribution is -2.37. The fourth-order valence-electron chi connectivity index (χ4n) is 8.00. The summed E-state index contributed by atoms with van der Waals surface area (Å²) in [7, 11) is 0. The van der Waals surface area contributed by atoms with E-state index in [0.29, 0.717) is 17.8 Å². The Morgan fingerprint density at radius 3 is 1.61 bits per heavy atom. The zero-order valence-electron chi connectivity index (χ0n) is 18.9. The van der Waals surface area contributed by atoms with Crippen LogP contribution in [0.5, 0.6) is 0 Å². The SMILES string of the molecule is CCC1CCC(C2CCC(C3CCC(C4CCC(C)CC4)CC3F)CC2)CC1. The maximum absolute atomic E-state index is 15.2. The van der Waals surface area contributed by atoms with Gasteiger partial charge in [0.25, 0.3) is 0 Å². The van der Waals surface area contributed by atoms with E-state index >= 15 is 4.39 Å². The first-order chi connectivity index (χ1) is 13.6. The summed E-state index contributed by atoms with van der Waals surface area (Å²) in [5, 5.41) is 0. The highest BCUT2D eigenvalue weighted by Crippen LogP contribution is 2.49. The molecule has 3 unspecified atom stereocenters. The van der Waals surface area contributed by atoms with Crippen molar-refractivity contribution < 1.29 is 4.39 Å². The summed E-state index contributed by atoms with van der Waals surface area (Å²) in [6, 6.07) is 0. The van der Waals surface area contributed by atoms with Crippen molar-refractivity contribution in [2.24, 2.45) is 47.3 Å². The van der Waals surface area contributed by atoms with Crippen LogP contribution in [-0.4, -0.2) is 6.17 Å². The molecule has 0 bridgehead atoms. The normalized spacial score (nSPS) is 48.3. The summed E-state index contributed by atoms with van der Waals surface area (Å²) in [6.45, 7) is 4.77. The van der Waals surface area contributed by atoms with Crippen LogP contribution < -0.4 is 0 Å². The standard InChI is InChI=1S/C27H47F/c1-3-20-6-10-21(11-7-20)22-12-14-24(15-13-22)26-17-16-25(18-27(26)28)23-8-4-19(2)5-9-23/h19-27H,3-18H2,1-2H3. The van der Waals surface area contributed by atoms with Gasteiger partial charge in [0.2, 0.25) is 0 Å². The molecule has 4 fully saturated rings.